The summed E-state index contributed by atoms with van der Waals surface area (Å²) in [6, 6.07) is 21.2. The Labute approximate surface area is 248 Å². The number of nitrogens with zero attached hydrogens (tertiary/aromatic N) is 2. The maximum Gasteiger partial charge on any atom is 0.264 e. The Bertz CT molecular complexity index is 1460. The van der Waals surface area contributed by atoms with E-state index in [2.05, 4.69) is 5.32 Å². The molecule has 0 unspecified atom stereocenters. The molecule has 10 heteroatoms. The van der Waals surface area contributed by atoms with Crippen molar-refractivity contribution in [3.05, 3.63) is 84.4 Å². The van der Waals surface area contributed by atoms with Crippen LogP contribution in [0.5, 0.6) is 11.5 Å². The van der Waals surface area contributed by atoms with Gasteiger partial charge in [0.25, 0.3) is 10.0 Å². The van der Waals surface area contributed by atoms with Crippen LogP contribution >= 0.6 is 0 Å². The van der Waals surface area contributed by atoms with E-state index in [1.807, 2.05) is 19.1 Å². The molecule has 1 N–H and O–H groups in total. The molecule has 4 rings (SSSR count). The number of nitrogens with one attached hydrogen (secondary N) is 1. The molecular formula is C32H39N3O6S. The van der Waals surface area contributed by atoms with E-state index in [1.165, 1.54) is 24.1 Å². The fraction of sp³-hybridized carbons (Fsp3) is 0.375. The number of ether oxygens (including phenoxy) is 2. The van der Waals surface area contributed by atoms with Gasteiger partial charge in [-0.05, 0) is 61.2 Å². The number of carbonyl (C=O) groups excluding carboxylic acids is 2. The number of anilines is 1. The Balaban J connectivity index is 1.74. The number of hydrogen-bond donors (Lipinski definition) is 1. The van der Waals surface area contributed by atoms with Crippen molar-refractivity contribution in [1.29, 1.82) is 0 Å². The molecule has 0 bridgehead atoms. The van der Waals surface area contributed by atoms with Gasteiger partial charge in [0.2, 0.25) is 11.8 Å². The molecule has 224 valence electrons. The third kappa shape index (κ3) is 7.23. The second-order valence-corrected chi connectivity index (χ2v) is 12.1. The van der Waals surface area contributed by atoms with Crippen molar-refractivity contribution in [2.24, 2.45) is 0 Å². The Morgan fingerprint density at radius 3 is 2.29 bits per heavy atom. The van der Waals surface area contributed by atoms with Crippen molar-refractivity contribution in [2.75, 3.05) is 25.1 Å². The number of benzene rings is 3. The molecule has 1 saturated carbocycles. The van der Waals surface area contributed by atoms with Gasteiger partial charge in [0.15, 0.2) is 0 Å². The van der Waals surface area contributed by atoms with Gasteiger partial charge in [0.05, 0.1) is 24.8 Å². The summed E-state index contributed by atoms with van der Waals surface area (Å²) < 4.78 is 39.9. The molecular weight excluding hydrogens is 554 g/mol. The average Bonchev–Trinajstić information content (AvgIpc) is 3.53. The van der Waals surface area contributed by atoms with Crippen LogP contribution in [0.1, 0.15) is 44.6 Å². The number of carbonyl (C=O) groups is 2. The summed E-state index contributed by atoms with van der Waals surface area (Å²) in [5.41, 5.74) is 0.978. The number of hydrogen-bond acceptors (Lipinski definition) is 6. The predicted octanol–water partition coefficient (Wildman–Crippen LogP) is 4.77. The van der Waals surface area contributed by atoms with Gasteiger partial charge >= 0.3 is 0 Å². The minimum Gasteiger partial charge on any atom is -0.497 e. The lowest BCUT2D eigenvalue weighted by Crippen LogP contribution is -2.53. The molecule has 0 aliphatic heterocycles. The molecule has 1 fully saturated rings. The second kappa shape index (κ2) is 14.2. The first-order valence-corrected chi connectivity index (χ1v) is 15.7. The highest BCUT2D eigenvalue weighted by Crippen LogP contribution is 2.32. The van der Waals surface area contributed by atoms with Gasteiger partial charge in [0, 0.05) is 12.6 Å². The van der Waals surface area contributed by atoms with Crippen LogP contribution in [0.4, 0.5) is 5.69 Å². The van der Waals surface area contributed by atoms with Crippen LogP contribution < -0.4 is 19.1 Å². The fourth-order valence-corrected chi connectivity index (χ4v) is 6.77. The van der Waals surface area contributed by atoms with Crippen molar-refractivity contribution >= 4 is 27.5 Å². The molecule has 2 amide bonds. The monoisotopic (exact) mass is 593 g/mol. The molecule has 1 aliphatic carbocycles. The molecule has 1 atom stereocenters. The summed E-state index contributed by atoms with van der Waals surface area (Å²) in [7, 11) is -1.18. The van der Waals surface area contributed by atoms with Crippen molar-refractivity contribution in [3.63, 3.8) is 0 Å². The van der Waals surface area contributed by atoms with Gasteiger partial charge in [-0.3, -0.25) is 13.9 Å². The van der Waals surface area contributed by atoms with E-state index in [4.69, 9.17) is 9.47 Å². The summed E-state index contributed by atoms with van der Waals surface area (Å²) in [6.07, 6.45) is 4.28. The van der Waals surface area contributed by atoms with Crippen LogP contribution in [-0.4, -0.2) is 58.0 Å². The second-order valence-electron chi connectivity index (χ2n) is 10.3. The molecule has 3 aromatic rings. The van der Waals surface area contributed by atoms with Gasteiger partial charge in [-0.2, -0.15) is 0 Å². The third-order valence-electron chi connectivity index (χ3n) is 7.54. The van der Waals surface area contributed by atoms with Crippen molar-refractivity contribution in [2.45, 2.75) is 62.6 Å². The highest BCUT2D eigenvalue weighted by Gasteiger charge is 2.35. The van der Waals surface area contributed by atoms with Crippen molar-refractivity contribution in [1.82, 2.24) is 10.2 Å². The third-order valence-corrected chi connectivity index (χ3v) is 9.31. The minimum atomic E-state index is -4.18. The molecule has 9 nitrogen and oxygen atoms in total. The number of methoxy groups -OCH3 is 2. The van der Waals surface area contributed by atoms with Crippen molar-refractivity contribution < 1.29 is 27.5 Å². The zero-order valence-corrected chi connectivity index (χ0v) is 25.2. The normalized spacial score (nSPS) is 14.2. The van der Waals surface area contributed by atoms with E-state index in [0.717, 1.165) is 35.6 Å². The van der Waals surface area contributed by atoms with Gasteiger partial charge in [-0.15, -0.1) is 0 Å². The molecule has 0 radical (unpaired) electrons. The lowest BCUT2D eigenvalue weighted by molar-refractivity contribution is -0.140. The minimum absolute atomic E-state index is 0.0362. The zero-order chi connectivity index (χ0) is 30.1. The molecule has 0 heterocycles. The molecule has 0 aromatic heterocycles. The lowest BCUT2D eigenvalue weighted by Gasteiger charge is -2.34. The Kier molecular flexibility index (Phi) is 10.5. The SMILES string of the molecule is CC[C@H](C(=O)NC1CCCC1)N(Cc1cccc(OC)c1)C(=O)CN(c1ccccc1OC)S(=O)(=O)c1ccccc1. The van der Waals surface area contributed by atoms with E-state index in [9.17, 15) is 18.0 Å². The quantitative estimate of drug-likeness (QED) is 0.306. The number of para-hydroxylation sites is 2. The summed E-state index contributed by atoms with van der Waals surface area (Å²) >= 11 is 0. The summed E-state index contributed by atoms with van der Waals surface area (Å²) in [6.45, 7) is 1.41. The van der Waals surface area contributed by atoms with Gasteiger partial charge in [0.1, 0.15) is 24.1 Å². The van der Waals surface area contributed by atoms with Gasteiger partial charge < -0.3 is 19.7 Å². The number of rotatable bonds is 13. The van der Waals surface area contributed by atoms with Crippen LogP contribution in [0.2, 0.25) is 0 Å². The van der Waals surface area contributed by atoms with Crippen LogP contribution in [0.15, 0.2) is 83.8 Å². The number of sulfonamides is 1. The standard InChI is InChI=1S/C32H39N3O6S/c1-4-28(32(37)33-25-14-8-9-15-25)34(22-24-13-12-16-26(21-24)40-2)31(36)23-35(29-19-10-11-20-30(29)41-3)42(38,39)27-17-6-5-7-18-27/h5-7,10-13,16-21,25,28H,4,8-9,14-15,22-23H2,1-3H3,(H,33,37)/t28-/m1/s1. The van der Waals surface area contributed by atoms with Crippen LogP contribution in [0.3, 0.4) is 0 Å². The van der Waals surface area contributed by atoms with Gasteiger partial charge in [-0.25, -0.2) is 8.42 Å². The molecule has 42 heavy (non-hydrogen) atoms. The Morgan fingerprint density at radius 1 is 0.929 bits per heavy atom. The summed E-state index contributed by atoms with van der Waals surface area (Å²) in [4.78, 5) is 29.4. The molecule has 0 saturated heterocycles. The largest absolute Gasteiger partial charge is 0.497 e. The first kappa shape index (κ1) is 30.9. The maximum absolute atomic E-state index is 14.3. The Hall–Kier alpha value is -4.05. The average molecular weight is 594 g/mol. The lowest BCUT2D eigenvalue weighted by atomic mass is 10.1. The first-order valence-electron chi connectivity index (χ1n) is 14.2. The smallest absolute Gasteiger partial charge is 0.264 e. The van der Waals surface area contributed by atoms with E-state index in [0.29, 0.717) is 17.9 Å². The maximum atomic E-state index is 14.3. The van der Waals surface area contributed by atoms with E-state index in [1.54, 1.807) is 61.7 Å². The predicted molar refractivity (Wildman–Crippen MR) is 162 cm³/mol. The van der Waals surface area contributed by atoms with E-state index < -0.39 is 28.5 Å². The van der Waals surface area contributed by atoms with Gasteiger partial charge in [-0.1, -0.05) is 62.2 Å². The van der Waals surface area contributed by atoms with Crippen LogP contribution in [0, 0.1) is 0 Å². The Morgan fingerprint density at radius 2 is 1.62 bits per heavy atom. The van der Waals surface area contributed by atoms with Crippen LogP contribution in [0.25, 0.3) is 0 Å². The molecule has 3 aromatic carbocycles. The summed E-state index contributed by atoms with van der Waals surface area (Å²) in [5.74, 6) is 0.160. The molecule has 0 spiro atoms. The fourth-order valence-electron chi connectivity index (χ4n) is 5.32. The first-order chi connectivity index (χ1) is 20.3. The highest BCUT2D eigenvalue weighted by atomic mass is 32.2. The highest BCUT2D eigenvalue weighted by molar-refractivity contribution is 7.92. The number of amides is 2. The summed E-state index contributed by atoms with van der Waals surface area (Å²) in [5, 5.41) is 3.12. The zero-order valence-electron chi connectivity index (χ0n) is 24.4. The van der Waals surface area contributed by atoms with E-state index >= 15 is 0 Å². The van der Waals surface area contributed by atoms with E-state index in [-0.39, 0.29) is 29.1 Å². The topological polar surface area (TPSA) is 105 Å². The van der Waals surface area contributed by atoms with Crippen molar-refractivity contribution in [3.8, 4) is 11.5 Å². The van der Waals surface area contributed by atoms with Crippen LogP contribution in [-0.2, 0) is 26.2 Å². The molecule has 1 aliphatic rings.